The number of thiophene rings is 1. The van der Waals surface area contributed by atoms with E-state index in [9.17, 15) is 4.79 Å². The van der Waals surface area contributed by atoms with Crippen molar-refractivity contribution < 1.29 is 14.6 Å². The molecule has 1 aromatic heterocycles. The van der Waals surface area contributed by atoms with Crippen molar-refractivity contribution in [3.63, 3.8) is 0 Å². The second-order valence-electron chi connectivity index (χ2n) is 10.2. The highest BCUT2D eigenvalue weighted by atomic mass is 35.5. The number of aliphatic carboxylic acids is 1. The SMILES string of the molecule is Clc1ccccc1SC1CCC(c2ccc(C3CC3)cc2)(c2ccsc2)NC1.O=C(O)COc1ccc(Cl)cc1Cl. The molecule has 4 aromatic rings. The van der Waals surface area contributed by atoms with Crippen molar-refractivity contribution in [1.82, 2.24) is 5.32 Å². The van der Waals surface area contributed by atoms with Gasteiger partial charge >= 0.3 is 5.97 Å². The number of nitrogens with one attached hydrogen (secondary N) is 1. The summed E-state index contributed by atoms with van der Waals surface area (Å²) in [5, 5.41) is 19.0. The number of rotatable bonds is 8. The summed E-state index contributed by atoms with van der Waals surface area (Å²) >= 11 is 21.4. The molecule has 1 aliphatic heterocycles. The average molecular weight is 647 g/mol. The Hall–Kier alpha value is -2.19. The normalized spacial score (nSPS) is 20.1. The molecule has 1 saturated carbocycles. The highest BCUT2D eigenvalue weighted by Gasteiger charge is 2.39. The van der Waals surface area contributed by atoms with Crippen LogP contribution in [0.15, 0.2) is 88.5 Å². The summed E-state index contributed by atoms with van der Waals surface area (Å²) in [6.45, 7) is 0.567. The van der Waals surface area contributed by atoms with Gasteiger partial charge < -0.3 is 15.2 Å². The van der Waals surface area contributed by atoms with Gasteiger partial charge in [-0.15, -0.1) is 11.8 Å². The number of carboxylic acid groups (broad SMARTS) is 1. The smallest absolute Gasteiger partial charge is 0.341 e. The van der Waals surface area contributed by atoms with Crippen molar-refractivity contribution in [2.75, 3.05) is 13.2 Å². The van der Waals surface area contributed by atoms with E-state index in [4.69, 9.17) is 44.6 Å². The van der Waals surface area contributed by atoms with Gasteiger partial charge in [0.25, 0.3) is 0 Å². The number of carboxylic acids is 1. The van der Waals surface area contributed by atoms with Gasteiger partial charge in [0.2, 0.25) is 0 Å². The molecule has 2 fully saturated rings. The molecule has 0 amide bonds. The third-order valence-electron chi connectivity index (χ3n) is 7.31. The molecule has 0 spiro atoms. The lowest BCUT2D eigenvalue weighted by molar-refractivity contribution is -0.139. The number of hydrogen-bond donors (Lipinski definition) is 2. The minimum absolute atomic E-state index is 0.0698. The highest BCUT2D eigenvalue weighted by molar-refractivity contribution is 8.00. The number of thioether (sulfide) groups is 1. The van der Waals surface area contributed by atoms with E-state index >= 15 is 0 Å². The molecule has 2 N–H and O–H groups in total. The van der Waals surface area contributed by atoms with Crippen molar-refractivity contribution in [3.8, 4) is 5.75 Å². The van der Waals surface area contributed by atoms with Gasteiger partial charge in [-0.1, -0.05) is 71.2 Å². The number of ether oxygens (including phenoxy) is 1. The van der Waals surface area contributed by atoms with Gasteiger partial charge in [-0.25, -0.2) is 4.79 Å². The van der Waals surface area contributed by atoms with E-state index < -0.39 is 12.6 Å². The zero-order valence-corrected chi connectivity index (χ0v) is 26.1. The molecule has 2 aliphatic rings. The Kier molecular flexibility index (Phi) is 10.2. The van der Waals surface area contributed by atoms with Crippen LogP contribution in [-0.4, -0.2) is 29.5 Å². The lowest BCUT2D eigenvalue weighted by atomic mass is 9.77. The molecule has 2 unspecified atom stereocenters. The van der Waals surface area contributed by atoms with Gasteiger partial charge in [0.1, 0.15) is 5.75 Å². The number of carbonyl (C=O) groups is 1. The molecule has 1 aliphatic carbocycles. The van der Waals surface area contributed by atoms with Gasteiger partial charge in [-0.05, 0) is 95.4 Å². The molecular formula is C32H30Cl3NO3S2. The summed E-state index contributed by atoms with van der Waals surface area (Å²) < 4.78 is 4.86. The van der Waals surface area contributed by atoms with Crippen LogP contribution in [-0.2, 0) is 10.3 Å². The Morgan fingerprint density at radius 1 is 0.976 bits per heavy atom. The standard InChI is InChI=1S/C24H24ClNS2.C8H6Cl2O3/c25-22-3-1-2-4-23(22)28-21-11-13-24(26-15-21,20-12-14-27-16-20)19-9-7-18(8-10-19)17-5-6-17;9-5-1-2-7(6(10)3-5)13-4-8(11)12/h1-4,7-10,12,14,16-17,21,26H,5-6,11,13,15H2;1-3H,4H2,(H,11,12). The van der Waals surface area contributed by atoms with Crippen molar-refractivity contribution in [2.45, 2.75) is 47.3 Å². The van der Waals surface area contributed by atoms with Crippen molar-refractivity contribution >= 4 is 63.9 Å². The lowest BCUT2D eigenvalue weighted by Crippen LogP contribution is -2.50. The molecule has 1 saturated heterocycles. The van der Waals surface area contributed by atoms with Crippen LogP contribution in [0.1, 0.15) is 48.3 Å². The number of halogens is 3. The Morgan fingerprint density at radius 2 is 1.76 bits per heavy atom. The monoisotopic (exact) mass is 645 g/mol. The number of hydrogen-bond acceptors (Lipinski definition) is 5. The summed E-state index contributed by atoms with van der Waals surface area (Å²) in [6, 6.07) is 24.5. The van der Waals surface area contributed by atoms with Crippen LogP contribution in [0, 0.1) is 0 Å². The average Bonchev–Trinajstić information content (AvgIpc) is 3.68. The molecule has 4 nitrogen and oxygen atoms in total. The maximum atomic E-state index is 10.2. The first-order valence-corrected chi connectivity index (χ1v) is 16.4. The van der Waals surface area contributed by atoms with Crippen molar-refractivity contribution in [3.05, 3.63) is 115 Å². The first kappa shape index (κ1) is 30.3. The largest absolute Gasteiger partial charge is 0.480 e. The Bertz CT molecular complexity index is 1450. The van der Waals surface area contributed by atoms with E-state index in [2.05, 4.69) is 58.5 Å². The molecule has 0 radical (unpaired) electrons. The minimum Gasteiger partial charge on any atom is -0.480 e. The molecular weight excluding hydrogens is 617 g/mol. The third-order valence-corrected chi connectivity index (χ3v) is 10.3. The molecule has 41 heavy (non-hydrogen) atoms. The summed E-state index contributed by atoms with van der Waals surface area (Å²) in [4.78, 5) is 11.3. The molecule has 2 atom stereocenters. The van der Waals surface area contributed by atoms with E-state index in [0.29, 0.717) is 21.0 Å². The molecule has 9 heteroatoms. The predicted octanol–water partition coefficient (Wildman–Crippen LogP) is 9.52. The van der Waals surface area contributed by atoms with Gasteiger partial charge in [0, 0.05) is 21.7 Å². The fraction of sp³-hybridized carbons (Fsp3) is 0.281. The van der Waals surface area contributed by atoms with E-state index in [1.54, 1.807) is 17.4 Å². The second-order valence-corrected chi connectivity index (χ2v) is 13.5. The molecule has 3 aromatic carbocycles. The zero-order chi connectivity index (χ0) is 28.8. The topological polar surface area (TPSA) is 58.6 Å². The minimum atomic E-state index is -1.05. The summed E-state index contributed by atoms with van der Waals surface area (Å²) in [6.07, 6.45) is 4.99. The summed E-state index contributed by atoms with van der Waals surface area (Å²) in [7, 11) is 0. The van der Waals surface area contributed by atoms with Crippen LogP contribution in [0.2, 0.25) is 15.1 Å². The fourth-order valence-electron chi connectivity index (χ4n) is 5.03. The van der Waals surface area contributed by atoms with E-state index in [1.165, 1.54) is 53.0 Å². The lowest BCUT2D eigenvalue weighted by Gasteiger charge is -2.42. The van der Waals surface area contributed by atoms with Gasteiger partial charge in [-0.3, -0.25) is 0 Å². The third kappa shape index (κ3) is 7.81. The first-order chi connectivity index (χ1) is 19.8. The van der Waals surface area contributed by atoms with Crippen molar-refractivity contribution in [2.24, 2.45) is 0 Å². The van der Waals surface area contributed by atoms with E-state index in [0.717, 1.165) is 23.9 Å². The van der Waals surface area contributed by atoms with Crippen LogP contribution < -0.4 is 10.1 Å². The Labute approximate surface area is 264 Å². The number of piperidine rings is 1. The Morgan fingerprint density at radius 3 is 2.37 bits per heavy atom. The summed E-state index contributed by atoms with van der Waals surface area (Å²) in [5.41, 5.74) is 4.24. The maximum Gasteiger partial charge on any atom is 0.341 e. The van der Waals surface area contributed by atoms with Crippen LogP contribution in [0.3, 0.4) is 0 Å². The first-order valence-electron chi connectivity index (χ1n) is 13.4. The molecule has 214 valence electrons. The van der Waals surface area contributed by atoms with Crippen LogP contribution in [0.4, 0.5) is 0 Å². The van der Waals surface area contributed by atoms with Gasteiger partial charge in [0.05, 0.1) is 15.6 Å². The molecule has 6 rings (SSSR count). The van der Waals surface area contributed by atoms with E-state index in [1.807, 2.05) is 23.9 Å². The van der Waals surface area contributed by atoms with Crippen LogP contribution in [0.25, 0.3) is 0 Å². The second kappa shape index (κ2) is 13.9. The van der Waals surface area contributed by atoms with Gasteiger partial charge in [0.15, 0.2) is 6.61 Å². The van der Waals surface area contributed by atoms with Crippen molar-refractivity contribution in [1.29, 1.82) is 0 Å². The predicted molar refractivity (Wildman–Crippen MR) is 171 cm³/mol. The maximum absolute atomic E-state index is 10.2. The quantitative estimate of drug-likeness (QED) is 0.200. The Balaban J connectivity index is 0.000000219. The van der Waals surface area contributed by atoms with Crippen LogP contribution in [0.5, 0.6) is 5.75 Å². The molecule has 0 bridgehead atoms. The summed E-state index contributed by atoms with van der Waals surface area (Å²) in [5.74, 6) is 0.0707. The van der Waals surface area contributed by atoms with Gasteiger partial charge in [-0.2, -0.15) is 11.3 Å². The highest BCUT2D eigenvalue weighted by Crippen LogP contribution is 2.44. The zero-order valence-electron chi connectivity index (χ0n) is 22.2. The van der Waals surface area contributed by atoms with E-state index in [-0.39, 0.29) is 5.54 Å². The fourth-order valence-corrected chi connectivity index (χ4v) is 7.59. The number of benzene rings is 3. The molecule has 2 heterocycles. The van der Waals surface area contributed by atoms with Crippen LogP contribution >= 0.6 is 57.9 Å².